The van der Waals surface area contributed by atoms with Crippen LogP contribution in [0.5, 0.6) is 0 Å². The van der Waals surface area contributed by atoms with Crippen molar-refractivity contribution in [2.75, 3.05) is 38.4 Å². The Hall–Kier alpha value is -1.55. The average Bonchev–Trinajstić information content (AvgIpc) is 3.18. The second kappa shape index (κ2) is 7.14. The Morgan fingerprint density at radius 1 is 1.25 bits per heavy atom. The normalized spacial score (nSPS) is 21.3. The molecule has 1 aromatic carbocycles. The quantitative estimate of drug-likeness (QED) is 0.832. The SMILES string of the molecule is CN(C)S(=O)(=O)C[C@@H]1COC[C@@H]1Nc1nnc(-c2ccccc2)s1. The van der Waals surface area contributed by atoms with Gasteiger partial charge in [-0.3, -0.25) is 0 Å². The predicted octanol–water partition coefficient (Wildman–Crippen LogP) is 1.52. The van der Waals surface area contributed by atoms with E-state index in [1.165, 1.54) is 15.6 Å². The summed E-state index contributed by atoms with van der Waals surface area (Å²) in [4.78, 5) is 0. The van der Waals surface area contributed by atoms with Crippen LogP contribution >= 0.6 is 11.3 Å². The van der Waals surface area contributed by atoms with Gasteiger partial charge in [-0.2, -0.15) is 0 Å². The molecule has 0 radical (unpaired) electrons. The summed E-state index contributed by atoms with van der Waals surface area (Å²) in [6.07, 6.45) is 0. The van der Waals surface area contributed by atoms with Crippen LogP contribution in [0, 0.1) is 5.92 Å². The fraction of sp³-hybridized carbons (Fsp3) is 0.467. The lowest BCUT2D eigenvalue weighted by Gasteiger charge is -2.20. The molecule has 0 amide bonds. The van der Waals surface area contributed by atoms with Crippen molar-refractivity contribution in [2.45, 2.75) is 6.04 Å². The molecule has 1 aliphatic heterocycles. The van der Waals surface area contributed by atoms with Crippen molar-refractivity contribution in [3.63, 3.8) is 0 Å². The topological polar surface area (TPSA) is 84.4 Å². The molecular weight excluding hydrogens is 348 g/mol. The van der Waals surface area contributed by atoms with Gasteiger partial charge in [0.1, 0.15) is 5.01 Å². The number of sulfonamides is 1. The van der Waals surface area contributed by atoms with Gasteiger partial charge in [-0.15, -0.1) is 10.2 Å². The lowest BCUT2D eigenvalue weighted by molar-refractivity contribution is 0.187. The zero-order valence-electron chi connectivity index (χ0n) is 13.5. The van der Waals surface area contributed by atoms with E-state index in [1.807, 2.05) is 30.3 Å². The molecule has 1 aliphatic rings. The first-order valence-electron chi connectivity index (χ1n) is 7.59. The highest BCUT2D eigenvalue weighted by Crippen LogP contribution is 2.28. The second-order valence-corrected chi connectivity index (χ2v) is 9.09. The van der Waals surface area contributed by atoms with E-state index in [4.69, 9.17) is 4.74 Å². The fourth-order valence-corrected chi connectivity index (χ4v) is 4.46. The lowest BCUT2D eigenvalue weighted by Crippen LogP contribution is -2.36. The van der Waals surface area contributed by atoms with Crippen LogP contribution in [0.4, 0.5) is 5.13 Å². The summed E-state index contributed by atoms with van der Waals surface area (Å²) in [7, 11) is -0.172. The molecular formula is C15H20N4O3S2. The zero-order valence-corrected chi connectivity index (χ0v) is 15.2. The minimum atomic E-state index is -3.26. The molecule has 24 heavy (non-hydrogen) atoms. The van der Waals surface area contributed by atoms with E-state index in [-0.39, 0.29) is 17.7 Å². The summed E-state index contributed by atoms with van der Waals surface area (Å²) in [5, 5.41) is 13.1. The van der Waals surface area contributed by atoms with Gasteiger partial charge in [0.05, 0.1) is 25.0 Å². The molecule has 0 aliphatic carbocycles. The van der Waals surface area contributed by atoms with Gasteiger partial charge < -0.3 is 10.1 Å². The highest BCUT2D eigenvalue weighted by molar-refractivity contribution is 7.89. The van der Waals surface area contributed by atoms with Gasteiger partial charge in [-0.25, -0.2) is 12.7 Å². The van der Waals surface area contributed by atoms with Crippen LogP contribution in [0.25, 0.3) is 10.6 Å². The summed E-state index contributed by atoms with van der Waals surface area (Å²) >= 11 is 1.45. The van der Waals surface area contributed by atoms with Crippen molar-refractivity contribution < 1.29 is 13.2 Å². The minimum Gasteiger partial charge on any atom is -0.379 e. The molecule has 9 heteroatoms. The van der Waals surface area contributed by atoms with Crippen molar-refractivity contribution in [2.24, 2.45) is 5.92 Å². The summed E-state index contributed by atoms with van der Waals surface area (Å²) in [5.41, 5.74) is 1.01. The van der Waals surface area contributed by atoms with Gasteiger partial charge in [-0.1, -0.05) is 41.7 Å². The standard InChI is InChI=1S/C15H20N4O3S2/c1-19(2)24(20,21)10-12-8-22-9-13(12)16-15-18-17-14(23-15)11-6-4-3-5-7-11/h3-7,12-13H,8-10H2,1-2H3,(H,16,18)/t12-,13-/m0/s1. The first kappa shape index (κ1) is 17.3. The molecule has 1 saturated heterocycles. The van der Waals surface area contributed by atoms with Crippen LogP contribution < -0.4 is 5.32 Å². The van der Waals surface area contributed by atoms with Gasteiger partial charge in [0.2, 0.25) is 15.2 Å². The fourth-order valence-electron chi connectivity index (χ4n) is 2.48. The van der Waals surface area contributed by atoms with E-state index in [9.17, 15) is 8.42 Å². The molecule has 1 aromatic heterocycles. The number of hydrogen-bond donors (Lipinski definition) is 1. The number of benzene rings is 1. The second-order valence-electron chi connectivity index (χ2n) is 5.89. The van der Waals surface area contributed by atoms with Gasteiger partial charge >= 0.3 is 0 Å². The van der Waals surface area contributed by atoms with Gasteiger partial charge in [0.15, 0.2) is 0 Å². The third-order valence-electron chi connectivity index (χ3n) is 3.93. The van der Waals surface area contributed by atoms with Crippen LogP contribution in [0.15, 0.2) is 30.3 Å². The number of aromatic nitrogens is 2. The number of nitrogens with zero attached hydrogens (tertiary/aromatic N) is 3. The molecule has 3 rings (SSSR count). The van der Waals surface area contributed by atoms with Crippen LogP contribution in [0.2, 0.25) is 0 Å². The number of anilines is 1. The van der Waals surface area contributed by atoms with E-state index < -0.39 is 10.0 Å². The lowest BCUT2D eigenvalue weighted by atomic mass is 10.1. The molecule has 0 saturated carbocycles. The van der Waals surface area contributed by atoms with Crippen molar-refractivity contribution in [1.29, 1.82) is 0 Å². The van der Waals surface area contributed by atoms with Crippen LogP contribution in [-0.2, 0) is 14.8 Å². The summed E-state index contributed by atoms with van der Waals surface area (Å²) < 4.78 is 30.9. The summed E-state index contributed by atoms with van der Waals surface area (Å²) in [6, 6.07) is 9.74. The minimum absolute atomic E-state index is 0.0576. The Morgan fingerprint density at radius 3 is 2.71 bits per heavy atom. The molecule has 0 bridgehead atoms. The molecule has 0 unspecified atom stereocenters. The Bertz CT molecular complexity index is 777. The van der Waals surface area contributed by atoms with Gasteiger partial charge in [0, 0.05) is 25.6 Å². The largest absolute Gasteiger partial charge is 0.379 e. The van der Waals surface area contributed by atoms with Crippen molar-refractivity contribution >= 4 is 26.5 Å². The Kier molecular flexibility index (Phi) is 5.14. The van der Waals surface area contributed by atoms with Crippen LogP contribution in [0.1, 0.15) is 0 Å². The molecule has 2 atom stereocenters. The van der Waals surface area contributed by atoms with E-state index in [1.54, 1.807) is 14.1 Å². The first-order chi connectivity index (χ1) is 11.5. The first-order valence-corrected chi connectivity index (χ1v) is 10.0. The molecule has 1 fully saturated rings. The Balaban J connectivity index is 1.68. The maximum atomic E-state index is 12.1. The van der Waals surface area contributed by atoms with Crippen molar-refractivity contribution in [1.82, 2.24) is 14.5 Å². The van der Waals surface area contributed by atoms with Gasteiger partial charge in [-0.05, 0) is 0 Å². The maximum absolute atomic E-state index is 12.1. The van der Waals surface area contributed by atoms with E-state index in [2.05, 4.69) is 15.5 Å². The smallest absolute Gasteiger partial charge is 0.214 e. The summed E-state index contributed by atoms with van der Waals surface area (Å²) in [5.74, 6) is -0.0522. The van der Waals surface area contributed by atoms with Crippen molar-refractivity contribution in [3.05, 3.63) is 30.3 Å². The number of rotatable bonds is 6. The van der Waals surface area contributed by atoms with Gasteiger partial charge in [0.25, 0.3) is 0 Å². The average molecular weight is 368 g/mol. The maximum Gasteiger partial charge on any atom is 0.214 e. The monoisotopic (exact) mass is 368 g/mol. The van der Waals surface area contributed by atoms with E-state index in [0.717, 1.165) is 10.6 Å². The summed E-state index contributed by atoms with van der Waals surface area (Å²) in [6.45, 7) is 0.892. The molecule has 2 aromatic rings. The van der Waals surface area contributed by atoms with E-state index >= 15 is 0 Å². The van der Waals surface area contributed by atoms with E-state index in [0.29, 0.717) is 18.3 Å². The number of nitrogens with one attached hydrogen (secondary N) is 1. The molecule has 130 valence electrons. The number of ether oxygens (including phenoxy) is 1. The highest BCUT2D eigenvalue weighted by Gasteiger charge is 2.33. The highest BCUT2D eigenvalue weighted by atomic mass is 32.2. The number of hydrogen-bond acceptors (Lipinski definition) is 7. The van der Waals surface area contributed by atoms with Crippen molar-refractivity contribution in [3.8, 4) is 10.6 Å². The predicted molar refractivity (Wildman–Crippen MR) is 94.5 cm³/mol. The Labute approximate surface area is 145 Å². The third kappa shape index (κ3) is 3.92. The zero-order chi connectivity index (χ0) is 17.2. The molecule has 2 heterocycles. The molecule has 1 N–H and O–H groups in total. The third-order valence-corrected chi connectivity index (χ3v) is 6.80. The van der Waals surface area contributed by atoms with Crippen LogP contribution in [0.3, 0.4) is 0 Å². The van der Waals surface area contributed by atoms with Crippen LogP contribution in [-0.4, -0.2) is 62.0 Å². The molecule has 0 spiro atoms. The molecule has 7 nitrogen and oxygen atoms in total. The Morgan fingerprint density at radius 2 is 2.00 bits per heavy atom.